The molecule has 1 aliphatic heterocycles. The first kappa shape index (κ1) is 13.9. The van der Waals surface area contributed by atoms with Gasteiger partial charge in [-0.2, -0.15) is 0 Å². The Kier molecular flexibility index (Phi) is 3.72. The molecule has 2 aliphatic rings. The molecule has 0 aromatic carbocycles. The van der Waals surface area contributed by atoms with Gasteiger partial charge in [0.05, 0.1) is 6.61 Å². The molecule has 18 heavy (non-hydrogen) atoms. The van der Waals surface area contributed by atoms with Crippen molar-refractivity contribution in [2.24, 2.45) is 11.8 Å². The van der Waals surface area contributed by atoms with Crippen molar-refractivity contribution in [3.63, 3.8) is 0 Å². The van der Waals surface area contributed by atoms with Crippen molar-refractivity contribution in [2.75, 3.05) is 6.61 Å². The van der Waals surface area contributed by atoms with Gasteiger partial charge in [-0.3, -0.25) is 0 Å². The van der Waals surface area contributed by atoms with Crippen LogP contribution in [0, 0.1) is 11.8 Å². The van der Waals surface area contributed by atoms with Crippen LogP contribution in [0.4, 0.5) is 0 Å². The molecule has 0 N–H and O–H groups in total. The summed E-state index contributed by atoms with van der Waals surface area (Å²) in [7, 11) is 0. The van der Waals surface area contributed by atoms with Crippen molar-refractivity contribution < 1.29 is 14.3 Å². The summed E-state index contributed by atoms with van der Waals surface area (Å²) in [5.74, 6) is 1.15. The van der Waals surface area contributed by atoms with Gasteiger partial charge in [-0.1, -0.05) is 27.2 Å². The first-order valence-corrected chi connectivity index (χ1v) is 7.37. The van der Waals surface area contributed by atoms with Crippen LogP contribution in [0.3, 0.4) is 0 Å². The van der Waals surface area contributed by atoms with Gasteiger partial charge in [-0.25, -0.2) is 4.79 Å². The van der Waals surface area contributed by atoms with Crippen LogP contribution < -0.4 is 0 Å². The Balaban J connectivity index is 2.17. The van der Waals surface area contributed by atoms with Crippen LogP contribution in [-0.4, -0.2) is 23.8 Å². The summed E-state index contributed by atoms with van der Waals surface area (Å²) in [5.41, 5.74) is -0.840. The van der Waals surface area contributed by atoms with E-state index in [1.807, 2.05) is 6.92 Å². The molecule has 3 unspecified atom stereocenters. The van der Waals surface area contributed by atoms with Crippen LogP contribution >= 0.6 is 0 Å². The second-order valence-corrected chi connectivity index (χ2v) is 6.25. The second-order valence-electron chi connectivity index (χ2n) is 6.25. The zero-order chi connectivity index (χ0) is 13.4. The summed E-state index contributed by atoms with van der Waals surface area (Å²) in [5, 5.41) is 0. The number of hydrogen-bond donors (Lipinski definition) is 0. The Morgan fingerprint density at radius 1 is 1.28 bits per heavy atom. The largest absolute Gasteiger partial charge is 0.464 e. The van der Waals surface area contributed by atoms with E-state index < -0.39 is 5.60 Å². The number of carbonyl (C=O) groups is 1. The number of hydrogen-bond acceptors (Lipinski definition) is 3. The quantitative estimate of drug-likeness (QED) is 0.570. The molecule has 3 atom stereocenters. The maximum absolute atomic E-state index is 12.3. The highest BCUT2D eigenvalue weighted by molar-refractivity contribution is 5.85. The molecular weight excluding hydrogens is 228 g/mol. The van der Waals surface area contributed by atoms with Gasteiger partial charge in [0.2, 0.25) is 0 Å². The van der Waals surface area contributed by atoms with Crippen LogP contribution in [0.25, 0.3) is 0 Å². The maximum Gasteiger partial charge on any atom is 0.341 e. The first-order valence-electron chi connectivity index (χ1n) is 7.37. The molecule has 2 rings (SSSR count). The highest BCUT2D eigenvalue weighted by Gasteiger charge is 2.75. The Bertz CT molecular complexity index is 316. The highest BCUT2D eigenvalue weighted by atomic mass is 16.7. The van der Waals surface area contributed by atoms with Crippen LogP contribution in [0.5, 0.6) is 0 Å². The number of epoxide rings is 1. The first-order chi connectivity index (χ1) is 8.49. The summed E-state index contributed by atoms with van der Waals surface area (Å²) in [6.07, 6.45) is 5.02. The van der Waals surface area contributed by atoms with E-state index >= 15 is 0 Å². The molecule has 1 heterocycles. The number of ether oxygens (including phenoxy) is 2. The standard InChI is InChI=1S/C15H26O3/c1-5-7-15(13(16)17-6-2)14(18-15)9-11(3)8-12(4)10-14/h11-12H,5-10H2,1-4H3. The second kappa shape index (κ2) is 4.84. The van der Waals surface area contributed by atoms with Gasteiger partial charge in [-0.05, 0) is 44.4 Å². The molecule has 1 spiro atoms. The Hall–Kier alpha value is -0.570. The molecule has 0 radical (unpaired) electrons. The molecule has 0 aromatic heterocycles. The Morgan fingerprint density at radius 2 is 1.89 bits per heavy atom. The minimum atomic E-state index is -0.624. The smallest absolute Gasteiger partial charge is 0.341 e. The fourth-order valence-electron chi connectivity index (χ4n) is 3.99. The Morgan fingerprint density at radius 3 is 2.39 bits per heavy atom. The summed E-state index contributed by atoms with van der Waals surface area (Å²) in [6, 6.07) is 0. The lowest BCUT2D eigenvalue weighted by Crippen LogP contribution is -2.40. The maximum atomic E-state index is 12.3. The molecule has 1 saturated heterocycles. The highest BCUT2D eigenvalue weighted by Crippen LogP contribution is 2.61. The third-order valence-electron chi connectivity index (χ3n) is 4.43. The predicted molar refractivity (Wildman–Crippen MR) is 70.3 cm³/mol. The van der Waals surface area contributed by atoms with E-state index in [0.717, 1.165) is 25.7 Å². The van der Waals surface area contributed by atoms with E-state index in [2.05, 4.69) is 20.8 Å². The van der Waals surface area contributed by atoms with Crippen molar-refractivity contribution in [3.05, 3.63) is 0 Å². The molecular formula is C15H26O3. The fraction of sp³-hybridized carbons (Fsp3) is 0.933. The summed E-state index contributed by atoms with van der Waals surface area (Å²) in [6.45, 7) is 8.93. The van der Waals surface area contributed by atoms with Gasteiger partial charge in [0.1, 0.15) is 5.60 Å². The molecule has 1 saturated carbocycles. The molecule has 3 nitrogen and oxygen atoms in total. The van der Waals surface area contributed by atoms with Gasteiger partial charge in [0.25, 0.3) is 0 Å². The summed E-state index contributed by atoms with van der Waals surface area (Å²) < 4.78 is 11.3. The SMILES string of the molecule is CCCC1(C(=O)OCC)OC12CC(C)CC(C)C2. The zero-order valence-corrected chi connectivity index (χ0v) is 12.1. The third kappa shape index (κ3) is 2.07. The van der Waals surface area contributed by atoms with E-state index in [9.17, 15) is 4.79 Å². The summed E-state index contributed by atoms with van der Waals surface area (Å²) >= 11 is 0. The van der Waals surface area contributed by atoms with Gasteiger partial charge >= 0.3 is 5.97 Å². The average molecular weight is 254 g/mol. The number of rotatable bonds is 4. The minimum Gasteiger partial charge on any atom is -0.464 e. The van der Waals surface area contributed by atoms with E-state index in [1.165, 1.54) is 6.42 Å². The molecule has 0 aromatic rings. The van der Waals surface area contributed by atoms with E-state index in [4.69, 9.17) is 9.47 Å². The molecule has 3 heteroatoms. The molecule has 0 bridgehead atoms. The molecule has 104 valence electrons. The van der Waals surface area contributed by atoms with Crippen molar-refractivity contribution in [1.29, 1.82) is 0 Å². The van der Waals surface area contributed by atoms with E-state index in [0.29, 0.717) is 18.4 Å². The predicted octanol–water partition coefficient (Wildman–Crippen LogP) is 3.31. The van der Waals surface area contributed by atoms with Gasteiger partial charge in [0.15, 0.2) is 5.60 Å². The van der Waals surface area contributed by atoms with Crippen LogP contribution in [0.1, 0.15) is 59.8 Å². The molecule has 1 aliphatic carbocycles. The van der Waals surface area contributed by atoms with E-state index in [1.54, 1.807) is 0 Å². The topological polar surface area (TPSA) is 38.8 Å². The lowest BCUT2D eigenvalue weighted by Gasteiger charge is -2.31. The minimum absolute atomic E-state index is 0.131. The van der Waals surface area contributed by atoms with Gasteiger partial charge in [0, 0.05) is 0 Å². The van der Waals surface area contributed by atoms with Crippen molar-refractivity contribution in [3.8, 4) is 0 Å². The molecule has 0 amide bonds. The van der Waals surface area contributed by atoms with E-state index in [-0.39, 0.29) is 11.6 Å². The monoisotopic (exact) mass is 254 g/mol. The van der Waals surface area contributed by atoms with Crippen LogP contribution in [0.2, 0.25) is 0 Å². The zero-order valence-electron chi connectivity index (χ0n) is 12.1. The molecule has 2 fully saturated rings. The van der Waals surface area contributed by atoms with Crippen molar-refractivity contribution >= 4 is 5.97 Å². The lowest BCUT2D eigenvalue weighted by atomic mass is 9.70. The van der Waals surface area contributed by atoms with Crippen molar-refractivity contribution in [2.45, 2.75) is 71.0 Å². The van der Waals surface area contributed by atoms with Gasteiger partial charge in [-0.15, -0.1) is 0 Å². The van der Waals surface area contributed by atoms with Gasteiger partial charge < -0.3 is 9.47 Å². The number of carbonyl (C=O) groups excluding carboxylic acids is 1. The van der Waals surface area contributed by atoms with Crippen LogP contribution in [0.15, 0.2) is 0 Å². The Labute approximate surface area is 110 Å². The average Bonchev–Trinajstić information content (AvgIpc) is 2.84. The fourth-order valence-corrected chi connectivity index (χ4v) is 3.99. The number of esters is 1. The van der Waals surface area contributed by atoms with Crippen molar-refractivity contribution in [1.82, 2.24) is 0 Å². The normalized spacial score (nSPS) is 42.9. The van der Waals surface area contributed by atoms with Crippen LogP contribution in [-0.2, 0) is 14.3 Å². The summed E-state index contributed by atoms with van der Waals surface area (Å²) in [4.78, 5) is 12.3. The lowest BCUT2D eigenvalue weighted by molar-refractivity contribution is -0.150. The third-order valence-corrected chi connectivity index (χ3v) is 4.43.